The van der Waals surface area contributed by atoms with Crippen LogP contribution < -0.4 is 10.6 Å². The summed E-state index contributed by atoms with van der Waals surface area (Å²) in [7, 11) is -3.27. The molecule has 25 heteroatoms. The van der Waals surface area contributed by atoms with Gasteiger partial charge in [0.1, 0.15) is 53.8 Å². The minimum absolute atomic E-state index is 0.00569. The van der Waals surface area contributed by atoms with E-state index in [1.807, 2.05) is 0 Å². The Hall–Kier alpha value is -3.68. The van der Waals surface area contributed by atoms with Gasteiger partial charge >= 0.3 is 38.4 Å². The lowest BCUT2D eigenvalue weighted by molar-refractivity contribution is -0.321. The summed E-state index contributed by atoms with van der Waals surface area (Å²) in [6.45, 7) is 11.9. The summed E-state index contributed by atoms with van der Waals surface area (Å²) in [6.07, 6.45) is -19.4. The van der Waals surface area contributed by atoms with Gasteiger partial charge < -0.3 is 83.3 Å². The second kappa shape index (κ2) is 28.9. The van der Waals surface area contributed by atoms with E-state index in [9.17, 15) is 63.8 Å². The van der Waals surface area contributed by atoms with Crippen LogP contribution in [0.1, 0.15) is 133 Å². The van der Waals surface area contributed by atoms with E-state index in [1.54, 1.807) is 34.6 Å². The van der Waals surface area contributed by atoms with Gasteiger partial charge in [0.15, 0.2) is 24.8 Å². The highest BCUT2D eigenvalue weighted by Crippen LogP contribution is 2.41. The van der Waals surface area contributed by atoms with Crippen LogP contribution in [-0.4, -0.2) is 170 Å². The third-order valence-electron chi connectivity index (χ3n) is 11.3. The molecule has 24 nitrogen and oxygen atoms in total. The predicted octanol–water partition coefficient (Wildman–Crippen LogP) is 0.495. The summed E-state index contributed by atoms with van der Waals surface area (Å²) in [5, 5.41) is 49.4. The van der Waals surface area contributed by atoms with Gasteiger partial charge in [0.05, 0.1) is 45.0 Å². The number of amides is 2. The van der Waals surface area contributed by atoms with Crippen molar-refractivity contribution in [2.24, 2.45) is 0 Å². The lowest BCUT2D eigenvalue weighted by Gasteiger charge is -2.52. The molecule has 2 aliphatic rings. The van der Waals surface area contributed by atoms with Crippen molar-refractivity contribution in [3.05, 3.63) is 0 Å². The maximum Gasteiger partial charge on any atom is 0.327 e. The van der Waals surface area contributed by atoms with Gasteiger partial charge in [0.25, 0.3) is 0 Å². The second-order valence-corrected chi connectivity index (χ2v) is 17.7. The number of aliphatic hydroxyl groups is 4. The molecule has 0 spiro atoms. The fourth-order valence-corrected chi connectivity index (χ4v) is 7.89. The second-order valence-electron chi connectivity index (χ2n) is 17.0. The van der Waals surface area contributed by atoms with Crippen molar-refractivity contribution < 1.29 is 106 Å². The molecule has 0 aromatic rings. The third kappa shape index (κ3) is 17.9. The monoisotopic (exact) mass is 1000 g/mol. The molecule has 13 unspecified atom stereocenters. The van der Waals surface area contributed by atoms with E-state index < -0.39 is 174 Å². The van der Waals surface area contributed by atoms with Gasteiger partial charge in [-0.3, -0.25) is 33.6 Å². The van der Waals surface area contributed by atoms with E-state index in [2.05, 4.69) is 10.6 Å². The van der Waals surface area contributed by atoms with Crippen LogP contribution in [0.15, 0.2) is 0 Å². The SMILES string of the molecule is CCCC(CC(=O)NC1(C)C(OCC2OC(O)C(C)(NC(=O)CC(CC)OC(=O)CC)C(OC(=O)CC(O)CC)C2O)OC(CO)C(OP(O)O)[C@@H]1OC(=O)CC(C)OC(=O)CC)OC(=O)CC. The van der Waals surface area contributed by atoms with Gasteiger partial charge in [-0.25, -0.2) is 0 Å². The zero-order chi connectivity index (χ0) is 51.5. The van der Waals surface area contributed by atoms with E-state index in [-0.39, 0.29) is 38.5 Å². The lowest BCUT2D eigenvalue weighted by Crippen LogP contribution is -2.74. The van der Waals surface area contributed by atoms with Crippen LogP contribution in [-0.2, 0) is 76.0 Å². The number of rotatable bonds is 28. The molecule has 14 atom stereocenters. The van der Waals surface area contributed by atoms with Crippen LogP contribution in [0.3, 0.4) is 0 Å². The molecule has 8 N–H and O–H groups in total. The topological polar surface area (TPSA) is 348 Å². The average molecular weight is 1000 g/mol. The van der Waals surface area contributed by atoms with Gasteiger partial charge in [-0.05, 0) is 40.0 Å². The standard InChI is InChI=1S/C43H73N2O22P/c1-10-16-26(62-33(52)15-6)20-30(49)45-43(9)39(66-34(53)17-23(7)60-31(50)13-4)37(67-68(57)58)27(21-46)64-41(43)59-22-28-36(55)38(65-35(54)18-24(47)11-2)42(8,40(56)63-28)44-29(48)19-25(12-3)61-32(51)14-5/h23-28,36-41,46-47,55-58H,10-22H2,1-9H3,(H,44,48)(H,45,49)/t23?,24?,25?,26?,27?,28?,36?,37?,38?,39-,40?,41?,42?,43?/m0/s1. The van der Waals surface area contributed by atoms with Gasteiger partial charge in [0, 0.05) is 19.3 Å². The maximum atomic E-state index is 14.0. The van der Waals surface area contributed by atoms with Crippen LogP contribution in [0.5, 0.6) is 0 Å². The molecule has 2 fully saturated rings. The number of ether oxygens (including phenoxy) is 8. The number of hydrogen-bond acceptors (Lipinski definition) is 22. The van der Waals surface area contributed by atoms with E-state index >= 15 is 0 Å². The van der Waals surface area contributed by atoms with Gasteiger partial charge in [0.2, 0.25) is 11.8 Å². The highest BCUT2D eigenvalue weighted by atomic mass is 31.2. The van der Waals surface area contributed by atoms with Crippen molar-refractivity contribution in [2.75, 3.05) is 13.2 Å². The molecule has 0 radical (unpaired) electrons. The summed E-state index contributed by atoms with van der Waals surface area (Å²) < 4.78 is 50.9. The van der Waals surface area contributed by atoms with Crippen molar-refractivity contribution in [3.8, 4) is 0 Å². The van der Waals surface area contributed by atoms with E-state index in [0.717, 1.165) is 0 Å². The molecule has 2 amide bonds. The molecule has 0 aromatic carbocycles. The first-order valence-electron chi connectivity index (χ1n) is 23.0. The van der Waals surface area contributed by atoms with Gasteiger partial charge in [-0.2, -0.15) is 0 Å². The summed E-state index contributed by atoms with van der Waals surface area (Å²) >= 11 is 0. The summed E-state index contributed by atoms with van der Waals surface area (Å²) in [4.78, 5) is 111. The Balaban J connectivity index is 2.67. The number of nitrogens with one attached hydrogen (secondary N) is 2. The Kier molecular flexibility index (Phi) is 25.6. The average Bonchev–Trinajstić information content (AvgIpc) is 3.26. The van der Waals surface area contributed by atoms with E-state index in [0.29, 0.717) is 6.42 Å². The number of carbonyl (C=O) groups is 7. The molecule has 0 saturated carbocycles. The molecule has 2 aliphatic heterocycles. The fourth-order valence-electron chi connectivity index (χ4n) is 7.43. The number of esters is 5. The zero-order valence-electron chi connectivity index (χ0n) is 40.3. The van der Waals surface area contributed by atoms with Crippen molar-refractivity contribution in [3.63, 3.8) is 0 Å². The Morgan fingerprint density at radius 2 is 1.21 bits per heavy atom. The molecule has 68 heavy (non-hydrogen) atoms. The van der Waals surface area contributed by atoms with E-state index in [4.69, 9.17) is 42.4 Å². The maximum absolute atomic E-state index is 14.0. The van der Waals surface area contributed by atoms with Crippen molar-refractivity contribution in [1.82, 2.24) is 10.6 Å². The number of hydrogen-bond donors (Lipinski definition) is 8. The summed E-state index contributed by atoms with van der Waals surface area (Å²) in [5.41, 5.74) is -4.27. The number of aliphatic hydroxyl groups excluding tert-OH is 4. The Morgan fingerprint density at radius 3 is 1.74 bits per heavy atom. The largest absolute Gasteiger partial charge is 0.462 e. The molecule has 392 valence electrons. The van der Waals surface area contributed by atoms with E-state index in [1.165, 1.54) is 27.7 Å². The van der Waals surface area contributed by atoms with Gasteiger partial charge in [-0.1, -0.05) is 48.0 Å². The van der Waals surface area contributed by atoms with Gasteiger partial charge in [-0.15, -0.1) is 0 Å². The third-order valence-corrected chi connectivity index (χ3v) is 11.7. The van der Waals surface area contributed by atoms with Crippen molar-refractivity contribution in [1.29, 1.82) is 0 Å². The summed E-state index contributed by atoms with van der Waals surface area (Å²) in [5.74, 6) is -5.51. The highest BCUT2D eigenvalue weighted by molar-refractivity contribution is 7.39. The smallest absolute Gasteiger partial charge is 0.327 e. The summed E-state index contributed by atoms with van der Waals surface area (Å²) in [6, 6.07) is 0. The fraction of sp³-hybridized carbons (Fsp3) is 0.837. The van der Waals surface area contributed by atoms with Crippen LogP contribution in [0.2, 0.25) is 0 Å². The molecule has 2 rings (SSSR count). The highest BCUT2D eigenvalue weighted by Gasteiger charge is 2.60. The minimum Gasteiger partial charge on any atom is -0.462 e. The number of carbonyl (C=O) groups excluding carboxylic acids is 7. The molecule has 0 aliphatic carbocycles. The molecule has 0 aromatic heterocycles. The first kappa shape index (κ1) is 60.4. The Morgan fingerprint density at radius 1 is 0.676 bits per heavy atom. The predicted molar refractivity (Wildman–Crippen MR) is 234 cm³/mol. The normalized spacial score (nSPS) is 28.8. The molecule has 2 saturated heterocycles. The minimum atomic E-state index is -3.27. The molecule has 0 bridgehead atoms. The Bertz CT molecular complexity index is 1660. The lowest BCUT2D eigenvalue weighted by atomic mass is 9.83. The molecule has 2 heterocycles. The quantitative estimate of drug-likeness (QED) is 0.0300. The van der Waals surface area contributed by atoms with Crippen LogP contribution in [0.25, 0.3) is 0 Å². The first-order valence-corrected chi connectivity index (χ1v) is 24.1. The van der Waals surface area contributed by atoms with Crippen LogP contribution in [0.4, 0.5) is 0 Å². The molecular formula is C43H73N2O22P. The first-order chi connectivity index (χ1) is 31.9. The van der Waals surface area contributed by atoms with Crippen LogP contribution in [0, 0.1) is 0 Å². The van der Waals surface area contributed by atoms with Crippen molar-refractivity contribution in [2.45, 2.75) is 218 Å². The Labute approximate surface area is 397 Å². The zero-order valence-corrected chi connectivity index (χ0v) is 41.2. The molecular weight excluding hydrogens is 927 g/mol. The van der Waals surface area contributed by atoms with Crippen molar-refractivity contribution >= 4 is 50.3 Å². The van der Waals surface area contributed by atoms with Crippen LogP contribution >= 0.6 is 8.60 Å².